The lowest BCUT2D eigenvalue weighted by Crippen LogP contribution is -2.29. The van der Waals surface area contributed by atoms with Crippen molar-refractivity contribution in [3.63, 3.8) is 0 Å². The molecular weight excluding hydrogens is 278 g/mol. The molecule has 3 rings (SSSR count). The summed E-state index contributed by atoms with van der Waals surface area (Å²) in [6.45, 7) is 0.727. The molecule has 3 N–H and O–H groups in total. The first kappa shape index (κ1) is 12.7. The third kappa shape index (κ3) is 2.55. The minimum Gasteiger partial charge on any atom is -0.396 e. The third-order valence-corrected chi connectivity index (χ3v) is 5.76. The van der Waals surface area contributed by atoms with Gasteiger partial charge >= 0.3 is 0 Å². The van der Waals surface area contributed by atoms with Crippen molar-refractivity contribution in [2.45, 2.75) is 18.1 Å². The number of hydrogen-bond donors (Lipinski definition) is 2. The summed E-state index contributed by atoms with van der Waals surface area (Å²) in [4.78, 5) is 17.0. The SMILES string of the molecule is Nc1c(C(=O)NCC2CCCS2)sc2cccnc12. The molecule has 0 saturated carbocycles. The highest BCUT2D eigenvalue weighted by Gasteiger charge is 2.20. The molecule has 1 fully saturated rings. The van der Waals surface area contributed by atoms with Gasteiger partial charge in [-0.05, 0) is 30.7 Å². The summed E-state index contributed by atoms with van der Waals surface area (Å²) in [6.07, 6.45) is 4.14. The Balaban J connectivity index is 1.75. The van der Waals surface area contributed by atoms with Gasteiger partial charge in [-0.2, -0.15) is 11.8 Å². The first-order chi connectivity index (χ1) is 9.25. The zero-order valence-electron chi connectivity index (χ0n) is 10.4. The van der Waals surface area contributed by atoms with Gasteiger partial charge < -0.3 is 11.1 Å². The molecule has 0 aromatic carbocycles. The zero-order chi connectivity index (χ0) is 13.2. The fraction of sp³-hybridized carbons (Fsp3) is 0.385. The average Bonchev–Trinajstić information content (AvgIpc) is 3.05. The van der Waals surface area contributed by atoms with Crippen LogP contribution in [0.3, 0.4) is 0 Å². The zero-order valence-corrected chi connectivity index (χ0v) is 12.0. The van der Waals surface area contributed by atoms with Crippen LogP contribution in [0.4, 0.5) is 5.69 Å². The van der Waals surface area contributed by atoms with E-state index in [0.29, 0.717) is 15.8 Å². The highest BCUT2D eigenvalue weighted by Crippen LogP contribution is 2.32. The number of nitrogens with two attached hydrogens (primary N) is 1. The van der Waals surface area contributed by atoms with Crippen LogP contribution < -0.4 is 11.1 Å². The number of nitrogens with one attached hydrogen (secondary N) is 1. The normalized spacial score (nSPS) is 18.8. The molecule has 1 saturated heterocycles. The van der Waals surface area contributed by atoms with Crippen molar-refractivity contribution in [1.29, 1.82) is 0 Å². The maximum absolute atomic E-state index is 12.2. The number of thioether (sulfide) groups is 1. The third-order valence-electron chi connectivity index (χ3n) is 3.20. The van der Waals surface area contributed by atoms with Crippen LogP contribution in [0.2, 0.25) is 0 Å². The van der Waals surface area contributed by atoms with Gasteiger partial charge in [-0.25, -0.2) is 0 Å². The maximum Gasteiger partial charge on any atom is 0.263 e. The van der Waals surface area contributed by atoms with Gasteiger partial charge in [0.2, 0.25) is 0 Å². The number of hydrogen-bond acceptors (Lipinski definition) is 5. The summed E-state index contributed by atoms with van der Waals surface area (Å²) in [5, 5.41) is 3.54. The molecule has 1 unspecified atom stereocenters. The number of rotatable bonds is 3. The van der Waals surface area contributed by atoms with Crippen LogP contribution in [0.5, 0.6) is 0 Å². The van der Waals surface area contributed by atoms with E-state index in [1.807, 2.05) is 23.9 Å². The molecular formula is C13H15N3OS2. The lowest BCUT2D eigenvalue weighted by Gasteiger charge is -2.09. The van der Waals surface area contributed by atoms with Gasteiger partial charge in [-0.3, -0.25) is 9.78 Å². The van der Waals surface area contributed by atoms with Crippen molar-refractivity contribution in [3.05, 3.63) is 23.2 Å². The molecule has 1 amide bonds. The van der Waals surface area contributed by atoms with Crippen LogP contribution in [0, 0.1) is 0 Å². The molecule has 0 aliphatic carbocycles. The Bertz CT molecular complexity index is 605. The Hall–Kier alpha value is -1.27. The lowest BCUT2D eigenvalue weighted by molar-refractivity contribution is 0.0958. The summed E-state index contributed by atoms with van der Waals surface area (Å²) in [5.41, 5.74) is 7.23. The summed E-state index contributed by atoms with van der Waals surface area (Å²) in [7, 11) is 0. The van der Waals surface area contributed by atoms with Crippen molar-refractivity contribution >= 4 is 44.9 Å². The van der Waals surface area contributed by atoms with Gasteiger partial charge in [0.05, 0.1) is 10.4 Å². The van der Waals surface area contributed by atoms with E-state index in [-0.39, 0.29) is 5.91 Å². The number of anilines is 1. The number of carbonyl (C=O) groups is 1. The van der Waals surface area contributed by atoms with Crippen LogP contribution in [0.15, 0.2) is 18.3 Å². The number of pyridine rings is 1. The van der Waals surface area contributed by atoms with Crippen LogP contribution in [0.25, 0.3) is 10.2 Å². The van der Waals surface area contributed by atoms with E-state index in [4.69, 9.17) is 5.73 Å². The minimum atomic E-state index is -0.0759. The van der Waals surface area contributed by atoms with E-state index in [0.717, 1.165) is 16.8 Å². The molecule has 2 aromatic heterocycles. The number of thiophene rings is 1. The molecule has 2 aromatic rings. The van der Waals surface area contributed by atoms with Gasteiger partial charge in [0.1, 0.15) is 10.4 Å². The molecule has 3 heterocycles. The van der Waals surface area contributed by atoms with Crippen molar-refractivity contribution in [2.24, 2.45) is 0 Å². The molecule has 1 aliphatic rings. The predicted molar refractivity (Wildman–Crippen MR) is 81.8 cm³/mol. The Morgan fingerprint density at radius 2 is 2.47 bits per heavy atom. The quantitative estimate of drug-likeness (QED) is 0.912. The average molecular weight is 293 g/mol. The Morgan fingerprint density at radius 1 is 1.58 bits per heavy atom. The summed E-state index contributed by atoms with van der Waals surface area (Å²) >= 11 is 3.34. The van der Waals surface area contributed by atoms with E-state index < -0.39 is 0 Å². The first-order valence-electron chi connectivity index (χ1n) is 6.28. The van der Waals surface area contributed by atoms with Gasteiger partial charge in [0, 0.05) is 18.0 Å². The molecule has 0 spiro atoms. The Morgan fingerprint density at radius 3 is 3.21 bits per heavy atom. The lowest BCUT2D eigenvalue weighted by atomic mass is 10.2. The van der Waals surface area contributed by atoms with Gasteiger partial charge in [-0.15, -0.1) is 11.3 Å². The highest BCUT2D eigenvalue weighted by molar-refractivity contribution is 8.00. The van der Waals surface area contributed by atoms with Crippen molar-refractivity contribution < 1.29 is 4.79 Å². The van der Waals surface area contributed by atoms with Gasteiger partial charge in [0.15, 0.2) is 0 Å². The Labute approximate surface area is 119 Å². The van der Waals surface area contributed by atoms with Crippen LogP contribution >= 0.6 is 23.1 Å². The molecule has 1 atom stereocenters. The van der Waals surface area contributed by atoms with Crippen LogP contribution in [-0.4, -0.2) is 28.4 Å². The van der Waals surface area contributed by atoms with Gasteiger partial charge in [0.25, 0.3) is 5.91 Å². The molecule has 100 valence electrons. The van der Waals surface area contributed by atoms with E-state index in [9.17, 15) is 4.79 Å². The highest BCUT2D eigenvalue weighted by atomic mass is 32.2. The second kappa shape index (κ2) is 5.38. The van der Waals surface area contributed by atoms with Crippen molar-refractivity contribution in [3.8, 4) is 0 Å². The fourth-order valence-corrected chi connectivity index (χ4v) is 4.41. The van der Waals surface area contributed by atoms with E-state index in [1.54, 1.807) is 6.20 Å². The van der Waals surface area contributed by atoms with Crippen molar-refractivity contribution in [1.82, 2.24) is 10.3 Å². The minimum absolute atomic E-state index is 0.0759. The molecule has 1 aliphatic heterocycles. The largest absolute Gasteiger partial charge is 0.396 e. The van der Waals surface area contributed by atoms with Crippen LogP contribution in [-0.2, 0) is 0 Å². The monoisotopic (exact) mass is 293 g/mol. The second-order valence-corrected chi connectivity index (χ2v) is 7.00. The van der Waals surface area contributed by atoms with E-state index in [2.05, 4.69) is 10.3 Å². The summed E-state index contributed by atoms with van der Waals surface area (Å²) in [5.74, 6) is 1.13. The number of aromatic nitrogens is 1. The van der Waals surface area contributed by atoms with Crippen molar-refractivity contribution in [2.75, 3.05) is 18.0 Å². The summed E-state index contributed by atoms with van der Waals surface area (Å²) < 4.78 is 0.959. The molecule has 6 heteroatoms. The number of nitrogen functional groups attached to an aromatic ring is 1. The maximum atomic E-state index is 12.2. The molecule has 0 bridgehead atoms. The fourth-order valence-electron chi connectivity index (χ4n) is 2.21. The smallest absolute Gasteiger partial charge is 0.263 e. The van der Waals surface area contributed by atoms with Gasteiger partial charge in [-0.1, -0.05) is 0 Å². The molecule has 0 radical (unpaired) electrons. The predicted octanol–water partition coefficient (Wildman–Crippen LogP) is 2.50. The number of carbonyl (C=O) groups excluding carboxylic acids is 1. The summed E-state index contributed by atoms with van der Waals surface area (Å²) in [6, 6.07) is 3.79. The van der Waals surface area contributed by atoms with E-state index in [1.165, 1.54) is 29.9 Å². The number of amides is 1. The molecule has 19 heavy (non-hydrogen) atoms. The number of fused-ring (bicyclic) bond motifs is 1. The van der Waals surface area contributed by atoms with Crippen LogP contribution in [0.1, 0.15) is 22.5 Å². The second-order valence-electron chi connectivity index (χ2n) is 4.54. The molecule has 4 nitrogen and oxygen atoms in total. The standard InChI is InChI=1S/C13H15N3OS2/c14-10-11-9(4-1-5-15-11)19-12(10)13(17)16-7-8-3-2-6-18-8/h1,4-5,8H,2-3,6-7,14H2,(H,16,17). The first-order valence-corrected chi connectivity index (χ1v) is 8.15. The topological polar surface area (TPSA) is 68.0 Å². The van der Waals surface area contributed by atoms with E-state index >= 15 is 0 Å². The Kier molecular flexibility index (Phi) is 3.61. The number of nitrogens with zero attached hydrogens (tertiary/aromatic N) is 1.